The van der Waals surface area contributed by atoms with Gasteiger partial charge in [-0.1, -0.05) is 23.8 Å². The van der Waals surface area contributed by atoms with Crippen LogP contribution in [0.15, 0.2) is 35.9 Å². The number of nitrogens with one attached hydrogen (secondary N) is 2. The maximum absolute atomic E-state index is 13.4. The lowest BCUT2D eigenvalue weighted by Crippen LogP contribution is -2.29. The second-order valence-electron chi connectivity index (χ2n) is 5.41. The molecule has 2 N–H and O–H groups in total. The molecule has 0 heterocycles. The van der Waals surface area contributed by atoms with Gasteiger partial charge < -0.3 is 10.6 Å². The lowest BCUT2D eigenvalue weighted by molar-refractivity contribution is -0.126. The van der Waals surface area contributed by atoms with E-state index >= 15 is 0 Å². The van der Waals surface area contributed by atoms with Gasteiger partial charge in [0.1, 0.15) is 12.2 Å². The van der Waals surface area contributed by atoms with Crippen LogP contribution in [0.3, 0.4) is 0 Å². The van der Waals surface area contributed by atoms with Crippen molar-refractivity contribution in [2.24, 2.45) is 0 Å². The Kier molecular flexibility index (Phi) is 6.13. The first-order valence-corrected chi connectivity index (χ1v) is 7.64. The first kappa shape index (κ1) is 16.2. The third kappa shape index (κ3) is 5.31. The Morgan fingerprint density at radius 2 is 1.95 bits per heavy atom. The predicted molar refractivity (Wildman–Crippen MR) is 83.8 cm³/mol. The summed E-state index contributed by atoms with van der Waals surface area (Å²) in [5, 5.41) is 5.12. The zero-order valence-electron chi connectivity index (χ0n) is 12.5. The van der Waals surface area contributed by atoms with E-state index in [1.807, 2.05) is 0 Å². The van der Waals surface area contributed by atoms with Crippen LogP contribution in [0, 0.1) is 5.82 Å². The maximum atomic E-state index is 13.4. The first-order valence-electron chi connectivity index (χ1n) is 7.64. The number of allylic oxidation sites excluding steroid dienone is 1. The van der Waals surface area contributed by atoms with Crippen molar-refractivity contribution >= 4 is 17.5 Å². The molecule has 0 atom stereocenters. The number of benzene rings is 1. The molecule has 0 saturated carbocycles. The minimum atomic E-state index is -0.514. The monoisotopic (exact) mass is 304 g/mol. The number of carbonyl (C=O) groups is 2. The summed E-state index contributed by atoms with van der Waals surface area (Å²) in [6, 6.07) is 5.88. The molecule has 0 aliphatic heterocycles. The number of halogens is 1. The average molecular weight is 304 g/mol. The largest absolute Gasteiger partial charge is 0.355 e. The van der Waals surface area contributed by atoms with Crippen molar-refractivity contribution in [1.29, 1.82) is 0 Å². The van der Waals surface area contributed by atoms with Gasteiger partial charge in [-0.3, -0.25) is 9.59 Å². The molecular weight excluding hydrogens is 283 g/mol. The molecule has 0 unspecified atom stereocenters. The summed E-state index contributed by atoms with van der Waals surface area (Å²) < 4.78 is 13.4. The van der Waals surface area contributed by atoms with Gasteiger partial charge in [0.15, 0.2) is 0 Å². The Morgan fingerprint density at radius 1 is 1.14 bits per heavy atom. The molecule has 1 aliphatic carbocycles. The molecule has 1 aromatic rings. The van der Waals surface area contributed by atoms with E-state index in [1.54, 1.807) is 6.07 Å². The quantitative estimate of drug-likeness (QED) is 0.626. The number of para-hydroxylation sites is 1. The van der Waals surface area contributed by atoms with Crippen molar-refractivity contribution in [3.05, 3.63) is 41.7 Å². The van der Waals surface area contributed by atoms with Crippen LogP contribution in [0.4, 0.5) is 10.1 Å². The fourth-order valence-electron chi connectivity index (χ4n) is 2.46. The van der Waals surface area contributed by atoms with Crippen LogP contribution in [-0.2, 0) is 9.59 Å². The minimum Gasteiger partial charge on any atom is -0.355 e. The zero-order valence-corrected chi connectivity index (χ0v) is 12.5. The molecule has 0 aromatic heterocycles. The Balaban J connectivity index is 1.69. The van der Waals surface area contributed by atoms with Crippen molar-refractivity contribution in [1.82, 2.24) is 5.32 Å². The topological polar surface area (TPSA) is 58.2 Å². The second-order valence-corrected chi connectivity index (χ2v) is 5.41. The third-order valence-electron chi connectivity index (χ3n) is 3.62. The lowest BCUT2D eigenvalue weighted by Gasteiger charge is -2.13. The normalized spacial score (nSPS) is 14.1. The highest BCUT2D eigenvalue weighted by Crippen LogP contribution is 2.19. The summed E-state index contributed by atoms with van der Waals surface area (Å²) in [5.74, 6) is -1.37. The summed E-state index contributed by atoms with van der Waals surface area (Å²) in [6.45, 7) is 0.539. The molecule has 4 nitrogen and oxygen atoms in total. The molecular formula is C17H21FN2O2. The van der Waals surface area contributed by atoms with E-state index in [1.165, 1.54) is 36.6 Å². The van der Waals surface area contributed by atoms with Crippen molar-refractivity contribution in [3.63, 3.8) is 0 Å². The Hall–Kier alpha value is -2.17. The molecule has 0 radical (unpaired) electrons. The summed E-state index contributed by atoms with van der Waals surface area (Å²) in [4.78, 5) is 23.4. The van der Waals surface area contributed by atoms with Crippen LogP contribution in [0.2, 0.25) is 0 Å². The second kappa shape index (κ2) is 8.32. The molecule has 118 valence electrons. The number of anilines is 1. The van der Waals surface area contributed by atoms with Gasteiger partial charge in [0.05, 0.1) is 5.69 Å². The van der Waals surface area contributed by atoms with E-state index in [-0.39, 0.29) is 18.0 Å². The molecule has 0 saturated heterocycles. The highest BCUT2D eigenvalue weighted by molar-refractivity contribution is 6.03. The van der Waals surface area contributed by atoms with Crippen LogP contribution >= 0.6 is 0 Å². The number of hydrogen-bond donors (Lipinski definition) is 2. The van der Waals surface area contributed by atoms with E-state index in [0.29, 0.717) is 6.54 Å². The van der Waals surface area contributed by atoms with Gasteiger partial charge in [0.2, 0.25) is 11.8 Å². The van der Waals surface area contributed by atoms with Crippen LogP contribution in [0.25, 0.3) is 0 Å². The van der Waals surface area contributed by atoms with Gasteiger partial charge in [0.25, 0.3) is 0 Å². The van der Waals surface area contributed by atoms with E-state index in [9.17, 15) is 14.0 Å². The van der Waals surface area contributed by atoms with E-state index in [4.69, 9.17) is 0 Å². The van der Waals surface area contributed by atoms with Crippen LogP contribution in [-0.4, -0.2) is 18.4 Å². The van der Waals surface area contributed by atoms with E-state index < -0.39 is 11.7 Å². The van der Waals surface area contributed by atoms with Gasteiger partial charge >= 0.3 is 0 Å². The van der Waals surface area contributed by atoms with Crippen LogP contribution < -0.4 is 10.6 Å². The molecule has 5 heteroatoms. The number of rotatable bonds is 6. The Morgan fingerprint density at radius 3 is 2.68 bits per heavy atom. The molecule has 22 heavy (non-hydrogen) atoms. The van der Waals surface area contributed by atoms with Crippen molar-refractivity contribution in [2.75, 3.05) is 11.9 Å². The lowest BCUT2D eigenvalue weighted by atomic mass is 9.97. The van der Waals surface area contributed by atoms with Crippen LogP contribution in [0.5, 0.6) is 0 Å². The number of hydrogen-bond acceptors (Lipinski definition) is 2. The molecule has 2 amide bonds. The van der Waals surface area contributed by atoms with Gasteiger partial charge in [0, 0.05) is 6.54 Å². The number of carbonyl (C=O) groups excluding carboxylic acids is 2. The third-order valence-corrected chi connectivity index (χ3v) is 3.62. The molecule has 0 fully saturated rings. The Labute approximate surface area is 129 Å². The van der Waals surface area contributed by atoms with Crippen molar-refractivity contribution in [2.45, 2.75) is 38.5 Å². The standard InChI is InChI=1S/C17H21FN2O2/c18-14-8-4-5-9-15(14)20-17(22)12-16(21)19-11-10-13-6-2-1-3-7-13/h4-6,8-9H,1-3,7,10-12H2,(H,19,21)(H,20,22). The average Bonchev–Trinajstić information content (AvgIpc) is 2.50. The highest BCUT2D eigenvalue weighted by atomic mass is 19.1. The zero-order chi connectivity index (χ0) is 15.8. The van der Waals surface area contributed by atoms with Gasteiger partial charge in [-0.05, 0) is 44.2 Å². The van der Waals surface area contributed by atoms with Crippen molar-refractivity contribution in [3.8, 4) is 0 Å². The summed E-state index contributed by atoms with van der Waals surface area (Å²) in [6.07, 6.45) is 7.45. The van der Waals surface area contributed by atoms with Gasteiger partial charge in [-0.25, -0.2) is 4.39 Å². The molecule has 2 rings (SSSR count). The first-order chi connectivity index (χ1) is 10.6. The SMILES string of the molecule is O=C(CC(=O)Nc1ccccc1F)NCCC1=CCCCC1. The smallest absolute Gasteiger partial charge is 0.233 e. The number of amides is 2. The summed E-state index contributed by atoms with van der Waals surface area (Å²) >= 11 is 0. The molecule has 0 bridgehead atoms. The summed E-state index contributed by atoms with van der Waals surface area (Å²) in [7, 11) is 0. The maximum Gasteiger partial charge on any atom is 0.233 e. The Bertz CT molecular complexity index is 570. The fraction of sp³-hybridized carbons (Fsp3) is 0.412. The van der Waals surface area contributed by atoms with E-state index in [2.05, 4.69) is 16.7 Å². The van der Waals surface area contributed by atoms with Crippen LogP contribution in [0.1, 0.15) is 38.5 Å². The molecule has 1 aromatic carbocycles. The van der Waals surface area contributed by atoms with Gasteiger partial charge in [-0.2, -0.15) is 0 Å². The van der Waals surface area contributed by atoms with E-state index in [0.717, 1.165) is 19.3 Å². The summed E-state index contributed by atoms with van der Waals surface area (Å²) in [5.41, 5.74) is 1.47. The molecule has 0 spiro atoms. The van der Waals surface area contributed by atoms with Gasteiger partial charge in [-0.15, -0.1) is 0 Å². The predicted octanol–water partition coefficient (Wildman–Crippen LogP) is 3.16. The highest BCUT2D eigenvalue weighted by Gasteiger charge is 2.11. The molecule has 1 aliphatic rings. The fourth-order valence-corrected chi connectivity index (χ4v) is 2.46. The minimum absolute atomic E-state index is 0.0904. The van der Waals surface area contributed by atoms with Crippen molar-refractivity contribution < 1.29 is 14.0 Å².